The van der Waals surface area contributed by atoms with Gasteiger partial charge in [-0.15, -0.1) is 0 Å². The summed E-state index contributed by atoms with van der Waals surface area (Å²) in [5.41, 5.74) is 6.58. The van der Waals surface area contributed by atoms with Crippen molar-refractivity contribution in [2.24, 2.45) is 0 Å². The third-order valence-corrected chi connectivity index (χ3v) is 6.33. The molecule has 0 spiro atoms. The highest BCUT2D eigenvalue weighted by molar-refractivity contribution is 6.05. The summed E-state index contributed by atoms with van der Waals surface area (Å²) >= 11 is 0. The number of piperazine rings is 1. The fourth-order valence-corrected chi connectivity index (χ4v) is 4.30. The van der Waals surface area contributed by atoms with E-state index in [4.69, 9.17) is 9.90 Å². The number of carboxylic acid groups (broad SMARTS) is 2. The van der Waals surface area contributed by atoms with Crippen LogP contribution in [-0.4, -0.2) is 60.4 Å². The number of benzene rings is 3. The molecule has 1 saturated heterocycles. The van der Waals surface area contributed by atoms with Crippen LogP contribution in [-0.2, 0) is 4.79 Å². The summed E-state index contributed by atoms with van der Waals surface area (Å²) in [7, 11) is 0. The van der Waals surface area contributed by atoms with Gasteiger partial charge in [0.25, 0.3) is 5.91 Å². The predicted molar refractivity (Wildman–Crippen MR) is 147 cm³/mol. The van der Waals surface area contributed by atoms with E-state index in [0.29, 0.717) is 16.9 Å². The Morgan fingerprint density at radius 3 is 1.90 bits per heavy atom. The molecule has 8 nitrogen and oxygen atoms in total. The maximum absolute atomic E-state index is 12.6. The Balaban J connectivity index is 0.000000559. The maximum atomic E-state index is 12.6. The molecule has 0 radical (unpaired) electrons. The smallest absolute Gasteiger partial charge is 0.478 e. The first-order valence-electron chi connectivity index (χ1n) is 12.4. The minimum absolute atomic E-state index is 0.192. The molecule has 212 valence electrons. The Hall–Kier alpha value is -4.54. The van der Waals surface area contributed by atoms with Gasteiger partial charge in [-0.2, -0.15) is 13.2 Å². The Morgan fingerprint density at radius 2 is 1.35 bits per heavy atom. The second kappa shape index (κ2) is 12.5. The van der Waals surface area contributed by atoms with Crippen molar-refractivity contribution >= 4 is 34.9 Å². The third kappa shape index (κ3) is 7.75. The minimum Gasteiger partial charge on any atom is -0.478 e. The van der Waals surface area contributed by atoms with Gasteiger partial charge >= 0.3 is 18.1 Å². The van der Waals surface area contributed by atoms with Crippen molar-refractivity contribution in [3.05, 3.63) is 88.5 Å². The van der Waals surface area contributed by atoms with Crippen molar-refractivity contribution < 1.29 is 37.8 Å². The molecular formula is C29H30F3N3O5. The molecule has 0 saturated carbocycles. The van der Waals surface area contributed by atoms with E-state index in [1.807, 2.05) is 19.1 Å². The largest absolute Gasteiger partial charge is 0.490 e. The number of carbonyl (C=O) groups is 3. The molecule has 11 heteroatoms. The minimum atomic E-state index is -5.08. The highest BCUT2D eigenvalue weighted by Crippen LogP contribution is 2.28. The van der Waals surface area contributed by atoms with Crippen LogP contribution in [0.25, 0.3) is 0 Å². The second-order valence-corrected chi connectivity index (χ2v) is 9.43. The molecule has 0 aliphatic carbocycles. The zero-order valence-electron chi connectivity index (χ0n) is 22.2. The van der Waals surface area contributed by atoms with E-state index in [0.717, 1.165) is 31.7 Å². The van der Waals surface area contributed by atoms with Crippen LogP contribution in [0.2, 0.25) is 0 Å². The fourth-order valence-electron chi connectivity index (χ4n) is 4.30. The number of alkyl halides is 3. The summed E-state index contributed by atoms with van der Waals surface area (Å²) in [6.07, 6.45) is -5.08. The van der Waals surface area contributed by atoms with Gasteiger partial charge in [0.05, 0.1) is 11.3 Å². The van der Waals surface area contributed by atoms with E-state index >= 15 is 0 Å². The SMILES string of the molecule is Cc1cccc(C(=O)Nc2ccc(N3CCN(c4cc(C)ccc4C)CC3)c(C(=O)O)c2)c1.O=C(O)C(F)(F)F. The van der Waals surface area contributed by atoms with E-state index in [1.54, 1.807) is 30.3 Å². The number of nitrogens with one attached hydrogen (secondary N) is 1. The number of carboxylic acids is 2. The molecule has 1 heterocycles. The predicted octanol–water partition coefficient (Wildman–Crippen LogP) is 5.52. The maximum Gasteiger partial charge on any atom is 0.490 e. The van der Waals surface area contributed by atoms with Gasteiger partial charge in [0, 0.05) is 43.1 Å². The van der Waals surface area contributed by atoms with Crippen LogP contribution in [0.15, 0.2) is 60.7 Å². The number of amides is 1. The van der Waals surface area contributed by atoms with E-state index in [9.17, 15) is 27.9 Å². The fraction of sp³-hybridized carbons (Fsp3) is 0.276. The van der Waals surface area contributed by atoms with E-state index in [-0.39, 0.29) is 11.5 Å². The highest BCUT2D eigenvalue weighted by Gasteiger charge is 2.38. The molecule has 0 atom stereocenters. The van der Waals surface area contributed by atoms with Crippen molar-refractivity contribution in [2.45, 2.75) is 26.9 Å². The van der Waals surface area contributed by atoms with Gasteiger partial charge in [-0.25, -0.2) is 9.59 Å². The molecule has 0 unspecified atom stereocenters. The van der Waals surface area contributed by atoms with E-state index in [2.05, 4.69) is 47.2 Å². The van der Waals surface area contributed by atoms with Crippen molar-refractivity contribution in [1.82, 2.24) is 0 Å². The van der Waals surface area contributed by atoms with Gasteiger partial charge in [0.15, 0.2) is 0 Å². The zero-order valence-corrected chi connectivity index (χ0v) is 22.2. The van der Waals surface area contributed by atoms with Crippen molar-refractivity contribution in [2.75, 3.05) is 41.3 Å². The molecule has 3 aromatic rings. The number of nitrogens with zero attached hydrogens (tertiary/aromatic N) is 2. The zero-order chi connectivity index (χ0) is 29.6. The second-order valence-electron chi connectivity index (χ2n) is 9.43. The van der Waals surface area contributed by atoms with Crippen molar-refractivity contribution in [3.63, 3.8) is 0 Å². The lowest BCUT2D eigenvalue weighted by Crippen LogP contribution is -2.47. The quantitative estimate of drug-likeness (QED) is 0.379. The number of hydrogen-bond donors (Lipinski definition) is 3. The van der Waals surface area contributed by atoms with E-state index in [1.165, 1.54) is 16.8 Å². The van der Waals surface area contributed by atoms with Gasteiger partial charge in [0.2, 0.25) is 0 Å². The molecule has 0 bridgehead atoms. The Morgan fingerprint density at radius 1 is 0.775 bits per heavy atom. The van der Waals surface area contributed by atoms with Crippen LogP contribution in [0.3, 0.4) is 0 Å². The van der Waals surface area contributed by atoms with Crippen molar-refractivity contribution in [3.8, 4) is 0 Å². The average molecular weight is 558 g/mol. The Labute approximate surface area is 229 Å². The van der Waals surface area contributed by atoms with Gasteiger partial charge < -0.3 is 25.3 Å². The standard InChI is InChI=1S/C27H29N3O3.C2HF3O2/c1-18-5-4-6-21(15-18)26(31)28-22-9-10-24(23(17-22)27(32)33)29-11-13-30(14-12-29)25-16-19(2)7-8-20(25)3;3-2(4,5)1(6)7/h4-10,15-17H,11-14H2,1-3H3,(H,28,31)(H,32,33);(H,6,7). The summed E-state index contributed by atoms with van der Waals surface area (Å²) in [4.78, 5) is 38.0. The molecule has 0 aromatic heterocycles. The molecular weight excluding hydrogens is 527 g/mol. The number of hydrogen-bond acceptors (Lipinski definition) is 5. The summed E-state index contributed by atoms with van der Waals surface area (Å²) in [6, 6.07) is 18.9. The number of halogens is 3. The molecule has 3 aromatic carbocycles. The number of anilines is 3. The lowest BCUT2D eigenvalue weighted by Gasteiger charge is -2.38. The van der Waals surface area contributed by atoms with Crippen LogP contribution in [0.5, 0.6) is 0 Å². The number of rotatable bonds is 5. The van der Waals surface area contributed by atoms with Crippen LogP contribution in [0.4, 0.5) is 30.2 Å². The molecule has 1 aliphatic heterocycles. The summed E-state index contributed by atoms with van der Waals surface area (Å²) in [5, 5.41) is 19.8. The normalized spacial score (nSPS) is 13.2. The Bertz CT molecular complexity index is 1400. The highest BCUT2D eigenvalue weighted by atomic mass is 19.4. The summed E-state index contributed by atoms with van der Waals surface area (Å²) in [6.45, 7) is 9.22. The molecule has 4 rings (SSSR count). The van der Waals surface area contributed by atoms with Gasteiger partial charge in [0.1, 0.15) is 0 Å². The lowest BCUT2D eigenvalue weighted by molar-refractivity contribution is -0.192. The number of aryl methyl sites for hydroxylation is 3. The van der Waals surface area contributed by atoms with Crippen LogP contribution >= 0.6 is 0 Å². The number of aromatic carboxylic acids is 1. The Kier molecular flexibility index (Phi) is 9.41. The summed E-state index contributed by atoms with van der Waals surface area (Å²) < 4.78 is 31.7. The third-order valence-electron chi connectivity index (χ3n) is 6.33. The molecule has 3 N–H and O–H groups in total. The molecule has 1 aliphatic rings. The van der Waals surface area contributed by atoms with Gasteiger partial charge in [-0.1, -0.05) is 29.8 Å². The van der Waals surface area contributed by atoms with Gasteiger partial charge in [-0.3, -0.25) is 4.79 Å². The average Bonchev–Trinajstić information content (AvgIpc) is 2.90. The molecule has 1 fully saturated rings. The number of aliphatic carboxylic acids is 1. The summed E-state index contributed by atoms with van der Waals surface area (Å²) in [5.74, 6) is -4.02. The molecule has 1 amide bonds. The van der Waals surface area contributed by atoms with Crippen LogP contribution in [0.1, 0.15) is 37.4 Å². The first-order chi connectivity index (χ1) is 18.8. The van der Waals surface area contributed by atoms with E-state index < -0.39 is 18.1 Å². The van der Waals surface area contributed by atoms with Gasteiger partial charge in [-0.05, 0) is 68.3 Å². The monoisotopic (exact) mass is 557 g/mol. The lowest BCUT2D eigenvalue weighted by atomic mass is 10.1. The van der Waals surface area contributed by atoms with Crippen molar-refractivity contribution in [1.29, 1.82) is 0 Å². The molecule has 40 heavy (non-hydrogen) atoms. The first kappa shape index (κ1) is 30.0. The number of carbonyl (C=O) groups excluding carboxylic acids is 1. The van der Waals surface area contributed by atoms with Crippen LogP contribution < -0.4 is 15.1 Å². The topological polar surface area (TPSA) is 110 Å². The van der Waals surface area contributed by atoms with Crippen LogP contribution in [0, 0.1) is 20.8 Å². The first-order valence-corrected chi connectivity index (χ1v) is 12.4.